The van der Waals surface area contributed by atoms with Gasteiger partial charge in [0, 0.05) is 12.5 Å². The van der Waals surface area contributed by atoms with Crippen LogP contribution in [0.15, 0.2) is 48.5 Å². The van der Waals surface area contributed by atoms with Crippen molar-refractivity contribution in [3.8, 4) is 11.1 Å². The van der Waals surface area contributed by atoms with E-state index in [1.54, 1.807) is 0 Å². The first-order chi connectivity index (χ1) is 15.5. The molecule has 2 aromatic carbocycles. The van der Waals surface area contributed by atoms with Crippen LogP contribution in [0.4, 0.5) is 4.79 Å². The molecule has 1 unspecified atom stereocenters. The third kappa shape index (κ3) is 4.61. The summed E-state index contributed by atoms with van der Waals surface area (Å²) in [6.07, 6.45) is 1.64. The van der Waals surface area contributed by atoms with Crippen LogP contribution in [-0.2, 0) is 14.3 Å². The fraction of sp³-hybridized carbons (Fsp3) is 0.400. The highest BCUT2D eigenvalue weighted by atomic mass is 16.5. The third-order valence-electron chi connectivity index (χ3n) is 6.11. The van der Waals surface area contributed by atoms with Crippen molar-refractivity contribution < 1.29 is 24.2 Å². The smallest absolute Gasteiger partial charge is 0.407 e. The van der Waals surface area contributed by atoms with Crippen molar-refractivity contribution in [3.63, 3.8) is 0 Å². The number of hydrogen-bond donors (Lipinski definition) is 2. The summed E-state index contributed by atoms with van der Waals surface area (Å²) in [7, 11) is 0. The lowest BCUT2D eigenvalue weighted by Gasteiger charge is -2.26. The Kier molecular flexibility index (Phi) is 6.44. The number of amides is 2. The van der Waals surface area contributed by atoms with Gasteiger partial charge in [-0.1, -0.05) is 55.5 Å². The van der Waals surface area contributed by atoms with Gasteiger partial charge in [-0.15, -0.1) is 0 Å². The largest absolute Gasteiger partial charge is 0.480 e. The molecule has 7 heteroatoms. The van der Waals surface area contributed by atoms with Crippen molar-refractivity contribution in [2.75, 3.05) is 19.7 Å². The molecule has 2 N–H and O–H groups in total. The van der Waals surface area contributed by atoms with E-state index in [2.05, 4.69) is 17.4 Å². The second-order valence-electron chi connectivity index (χ2n) is 8.44. The molecule has 0 radical (unpaired) electrons. The van der Waals surface area contributed by atoms with Crippen molar-refractivity contribution in [2.24, 2.45) is 5.92 Å². The maximum absolute atomic E-state index is 13.0. The van der Waals surface area contributed by atoms with Crippen molar-refractivity contribution >= 4 is 18.0 Å². The SMILES string of the molecule is CCCN(CC(=O)O)C(=O)C(NC(=O)OCC1c2ccccc2-c2ccccc21)C1CC1. The van der Waals surface area contributed by atoms with E-state index >= 15 is 0 Å². The maximum Gasteiger partial charge on any atom is 0.407 e. The normalized spacial score (nSPS) is 15.4. The highest BCUT2D eigenvalue weighted by molar-refractivity contribution is 5.88. The lowest BCUT2D eigenvalue weighted by Crippen LogP contribution is -2.51. The number of hydrogen-bond acceptors (Lipinski definition) is 4. The number of aliphatic carboxylic acids is 1. The molecule has 2 aliphatic rings. The Morgan fingerprint density at radius 2 is 1.66 bits per heavy atom. The first kappa shape index (κ1) is 21.9. The predicted molar refractivity (Wildman–Crippen MR) is 119 cm³/mol. The summed E-state index contributed by atoms with van der Waals surface area (Å²) >= 11 is 0. The van der Waals surface area contributed by atoms with E-state index < -0.39 is 18.1 Å². The Morgan fingerprint density at radius 3 is 2.19 bits per heavy atom. The van der Waals surface area contributed by atoms with E-state index in [1.807, 2.05) is 43.3 Å². The molecule has 1 atom stereocenters. The van der Waals surface area contributed by atoms with Crippen LogP contribution in [0.2, 0.25) is 0 Å². The molecule has 0 spiro atoms. The molecule has 168 valence electrons. The van der Waals surface area contributed by atoms with E-state index in [9.17, 15) is 14.4 Å². The van der Waals surface area contributed by atoms with Crippen LogP contribution in [-0.4, -0.2) is 53.7 Å². The number of nitrogens with zero attached hydrogens (tertiary/aromatic N) is 1. The molecule has 1 fully saturated rings. The van der Waals surface area contributed by atoms with Gasteiger partial charge in [-0.3, -0.25) is 9.59 Å². The van der Waals surface area contributed by atoms with Crippen LogP contribution in [0.3, 0.4) is 0 Å². The molecule has 2 aliphatic carbocycles. The Labute approximate surface area is 187 Å². The van der Waals surface area contributed by atoms with Crippen LogP contribution >= 0.6 is 0 Å². The van der Waals surface area contributed by atoms with Gasteiger partial charge in [-0.05, 0) is 47.4 Å². The second kappa shape index (κ2) is 9.42. The fourth-order valence-electron chi connectivity index (χ4n) is 4.47. The molecule has 2 amide bonds. The Balaban J connectivity index is 1.43. The summed E-state index contributed by atoms with van der Waals surface area (Å²) in [5, 5.41) is 11.9. The molecule has 0 aliphatic heterocycles. The van der Waals surface area contributed by atoms with Gasteiger partial charge in [0.25, 0.3) is 0 Å². The number of nitrogens with one attached hydrogen (secondary N) is 1. The summed E-state index contributed by atoms with van der Waals surface area (Å²) in [5.41, 5.74) is 4.53. The van der Waals surface area contributed by atoms with Gasteiger partial charge in [-0.25, -0.2) is 4.79 Å². The Morgan fingerprint density at radius 1 is 1.06 bits per heavy atom. The summed E-state index contributed by atoms with van der Waals surface area (Å²) in [4.78, 5) is 38.1. The van der Waals surface area contributed by atoms with Gasteiger partial charge in [0.2, 0.25) is 5.91 Å². The van der Waals surface area contributed by atoms with E-state index in [4.69, 9.17) is 9.84 Å². The number of alkyl carbamates (subject to hydrolysis) is 1. The minimum absolute atomic E-state index is 0.0242. The molecule has 1 saturated carbocycles. The van der Waals surface area contributed by atoms with Crippen LogP contribution in [0.25, 0.3) is 11.1 Å². The Hall–Kier alpha value is -3.35. The van der Waals surface area contributed by atoms with Crippen LogP contribution in [0.5, 0.6) is 0 Å². The highest BCUT2D eigenvalue weighted by Crippen LogP contribution is 2.44. The van der Waals surface area contributed by atoms with Gasteiger partial charge >= 0.3 is 12.1 Å². The van der Waals surface area contributed by atoms with E-state index in [-0.39, 0.29) is 30.9 Å². The Bertz CT molecular complexity index is 971. The molecule has 7 nitrogen and oxygen atoms in total. The zero-order valence-electron chi connectivity index (χ0n) is 18.1. The average Bonchev–Trinajstić information content (AvgIpc) is 3.58. The lowest BCUT2D eigenvalue weighted by molar-refractivity contribution is -0.145. The van der Waals surface area contributed by atoms with Gasteiger partial charge < -0.3 is 20.1 Å². The third-order valence-corrected chi connectivity index (χ3v) is 6.11. The summed E-state index contributed by atoms with van der Waals surface area (Å²) in [5.74, 6) is -1.46. The minimum Gasteiger partial charge on any atom is -0.480 e. The molecule has 2 aromatic rings. The molecule has 0 heterocycles. The van der Waals surface area contributed by atoms with Gasteiger partial charge in [0.1, 0.15) is 19.2 Å². The van der Waals surface area contributed by atoms with Gasteiger partial charge in [0.05, 0.1) is 0 Å². The number of carbonyl (C=O) groups excluding carboxylic acids is 2. The number of carboxylic acid groups (broad SMARTS) is 1. The lowest BCUT2D eigenvalue weighted by atomic mass is 9.98. The summed E-state index contributed by atoms with van der Waals surface area (Å²) in [6, 6.07) is 15.4. The van der Waals surface area contributed by atoms with Crippen molar-refractivity contribution in [1.82, 2.24) is 10.2 Å². The van der Waals surface area contributed by atoms with E-state index in [0.717, 1.165) is 35.1 Å². The highest BCUT2D eigenvalue weighted by Gasteiger charge is 2.40. The number of rotatable bonds is 9. The summed E-state index contributed by atoms with van der Waals surface area (Å²) < 4.78 is 5.58. The van der Waals surface area contributed by atoms with E-state index in [1.165, 1.54) is 4.90 Å². The van der Waals surface area contributed by atoms with Crippen molar-refractivity contribution in [2.45, 2.75) is 38.1 Å². The number of carboxylic acids is 1. The number of benzene rings is 2. The number of carbonyl (C=O) groups is 3. The first-order valence-electron chi connectivity index (χ1n) is 11.1. The van der Waals surface area contributed by atoms with E-state index in [0.29, 0.717) is 13.0 Å². The molecule has 4 rings (SSSR count). The maximum atomic E-state index is 13.0. The van der Waals surface area contributed by atoms with Crippen LogP contribution in [0, 0.1) is 5.92 Å². The average molecular weight is 437 g/mol. The molecule has 0 aromatic heterocycles. The first-order valence-corrected chi connectivity index (χ1v) is 11.1. The van der Waals surface area contributed by atoms with Crippen molar-refractivity contribution in [1.29, 1.82) is 0 Å². The predicted octanol–water partition coefficient (Wildman–Crippen LogP) is 3.63. The van der Waals surface area contributed by atoms with Crippen molar-refractivity contribution in [3.05, 3.63) is 59.7 Å². The zero-order valence-corrected chi connectivity index (χ0v) is 18.1. The standard InChI is InChI=1S/C25H28N2O5/c1-2-13-27(14-22(28)29)24(30)23(16-11-12-16)26-25(31)32-15-21-19-9-5-3-7-17(19)18-8-4-6-10-20(18)21/h3-10,16,21,23H,2,11-15H2,1H3,(H,26,31)(H,28,29). The molecule has 0 bridgehead atoms. The summed E-state index contributed by atoms with van der Waals surface area (Å²) in [6.45, 7) is 2.01. The van der Waals surface area contributed by atoms with Gasteiger partial charge in [-0.2, -0.15) is 0 Å². The van der Waals surface area contributed by atoms with Gasteiger partial charge in [0.15, 0.2) is 0 Å². The quantitative estimate of drug-likeness (QED) is 0.626. The second-order valence-corrected chi connectivity index (χ2v) is 8.44. The fourth-order valence-corrected chi connectivity index (χ4v) is 4.47. The molecule has 32 heavy (non-hydrogen) atoms. The zero-order chi connectivity index (χ0) is 22.7. The number of ether oxygens (including phenoxy) is 1. The van der Waals surface area contributed by atoms with Crippen LogP contribution < -0.4 is 5.32 Å². The molecule has 0 saturated heterocycles. The number of fused-ring (bicyclic) bond motifs is 3. The monoisotopic (exact) mass is 436 g/mol. The van der Waals surface area contributed by atoms with Crippen LogP contribution in [0.1, 0.15) is 43.2 Å². The molecular weight excluding hydrogens is 408 g/mol. The topological polar surface area (TPSA) is 95.9 Å². The minimum atomic E-state index is -1.07. The molecular formula is C25H28N2O5.